The number of hydrogen-bond acceptors (Lipinski definition) is 3. The number of nitrogens with one attached hydrogen (secondary N) is 1. The SMILES string of the molecule is C[C@H](C(=O)NCCc1ccc(F)cc1)N(C)CC1(O)CCCC1. The first-order chi connectivity index (χ1) is 10.9. The minimum Gasteiger partial charge on any atom is -0.389 e. The Balaban J connectivity index is 1.74. The highest BCUT2D eigenvalue weighted by Crippen LogP contribution is 2.30. The number of likely N-dealkylation sites (N-methyl/N-ethyl adjacent to an activating group) is 1. The Morgan fingerprint density at radius 1 is 1.35 bits per heavy atom. The summed E-state index contributed by atoms with van der Waals surface area (Å²) in [4.78, 5) is 14.1. The van der Waals surface area contributed by atoms with Crippen molar-refractivity contribution in [1.29, 1.82) is 0 Å². The number of aliphatic hydroxyl groups is 1. The molecule has 0 spiro atoms. The van der Waals surface area contributed by atoms with Crippen LogP contribution in [0.15, 0.2) is 24.3 Å². The van der Waals surface area contributed by atoms with Crippen LogP contribution in [0.5, 0.6) is 0 Å². The molecular weight excluding hydrogens is 295 g/mol. The van der Waals surface area contributed by atoms with Crippen LogP contribution >= 0.6 is 0 Å². The Hall–Kier alpha value is -1.46. The van der Waals surface area contributed by atoms with Crippen LogP contribution in [-0.4, -0.2) is 47.7 Å². The van der Waals surface area contributed by atoms with Gasteiger partial charge in [0.15, 0.2) is 0 Å². The van der Waals surface area contributed by atoms with Crippen molar-refractivity contribution in [1.82, 2.24) is 10.2 Å². The van der Waals surface area contributed by atoms with E-state index in [9.17, 15) is 14.3 Å². The van der Waals surface area contributed by atoms with Crippen LogP contribution in [0.1, 0.15) is 38.2 Å². The Bertz CT molecular complexity index is 512. The molecule has 128 valence electrons. The van der Waals surface area contributed by atoms with Gasteiger partial charge >= 0.3 is 0 Å². The van der Waals surface area contributed by atoms with E-state index in [1.165, 1.54) is 12.1 Å². The summed E-state index contributed by atoms with van der Waals surface area (Å²) < 4.78 is 12.8. The van der Waals surface area contributed by atoms with E-state index in [4.69, 9.17) is 0 Å². The molecule has 0 radical (unpaired) electrons. The molecule has 2 N–H and O–H groups in total. The summed E-state index contributed by atoms with van der Waals surface area (Å²) in [5.74, 6) is -0.297. The monoisotopic (exact) mass is 322 g/mol. The van der Waals surface area contributed by atoms with Crippen LogP contribution in [0.3, 0.4) is 0 Å². The van der Waals surface area contributed by atoms with Gasteiger partial charge in [0, 0.05) is 13.1 Å². The molecule has 1 aromatic rings. The van der Waals surface area contributed by atoms with Crippen LogP contribution in [-0.2, 0) is 11.2 Å². The van der Waals surface area contributed by atoms with Crippen molar-refractivity contribution in [2.75, 3.05) is 20.1 Å². The first-order valence-electron chi connectivity index (χ1n) is 8.34. The smallest absolute Gasteiger partial charge is 0.237 e. The van der Waals surface area contributed by atoms with E-state index in [0.717, 1.165) is 31.2 Å². The van der Waals surface area contributed by atoms with Crippen LogP contribution in [0, 0.1) is 5.82 Å². The number of hydrogen-bond donors (Lipinski definition) is 2. The van der Waals surface area contributed by atoms with Crippen molar-refractivity contribution in [2.24, 2.45) is 0 Å². The molecule has 1 fully saturated rings. The molecule has 1 aliphatic rings. The average molecular weight is 322 g/mol. The lowest BCUT2D eigenvalue weighted by molar-refractivity contribution is -0.126. The number of amides is 1. The van der Waals surface area contributed by atoms with Gasteiger partial charge in [0.1, 0.15) is 5.82 Å². The second kappa shape index (κ2) is 7.88. The molecule has 0 aromatic heterocycles. The van der Waals surface area contributed by atoms with Crippen molar-refractivity contribution in [2.45, 2.75) is 50.7 Å². The van der Waals surface area contributed by atoms with Gasteiger partial charge in [0.05, 0.1) is 11.6 Å². The van der Waals surface area contributed by atoms with E-state index in [1.54, 1.807) is 12.1 Å². The zero-order chi connectivity index (χ0) is 16.9. The number of nitrogens with zero attached hydrogens (tertiary/aromatic N) is 1. The maximum Gasteiger partial charge on any atom is 0.237 e. The van der Waals surface area contributed by atoms with Gasteiger partial charge in [0.2, 0.25) is 5.91 Å². The fourth-order valence-electron chi connectivity index (χ4n) is 3.12. The first kappa shape index (κ1) is 17.9. The van der Waals surface area contributed by atoms with Crippen LogP contribution in [0.2, 0.25) is 0 Å². The van der Waals surface area contributed by atoms with Gasteiger partial charge in [-0.15, -0.1) is 0 Å². The minimum absolute atomic E-state index is 0.0452. The highest BCUT2D eigenvalue weighted by atomic mass is 19.1. The third-order valence-corrected chi connectivity index (χ3v) is 4.74. The number of carbonyl (C=O) groups excluding carboxylic acids is 1. The van der Waals surface area contributed by atoms with E-state index >= 15 is 0 Å². The summed E-state index contributed by atoms with van der Waals surface area (Å²) in [5, 5.41) is 13.3. The quantitative estimate of drug-likeness (QED) is 0.808. The van der Waals surface area contributed by atoms with Crippen molar-refractivity contribution < 1.29 is 14.3 Å². The lowest BCUT2D eigenvalue weighted by atomic mass is 10.0. The van der Waals surface area contributed by atoms with Crippen molar-refractivity contribution >= 4 is 5.91 Å². The summed E-state index contributed by atoms with van der Waals surface area (Å²) in [6.45, 7) is 2.90. The number of benzene rings is 1. The van der Waals surface area contributed by atoms with Crippen LogP contribution in [0.4, 0.5) is 4.39 Å². The Labute approximate surface area is 137 Å². The second-order valence-corrected chi connectivity index (χ2v) is 6.69. The molecule has 1 amide bonds. The molecule has 0 heterocycles. The van der Waals surface area contributed by atoms with Gasteiger partial charge in [-0.05, 0) is 50.9 Å². The Morgan fingerprint density at radius 3 is 2.57 bits per heavy atom. The lowest BCUT2D eigenvalue weighted by Gasteiger charge is -2.31. The molecule has 1 aromatic carbocycles. The molecule has 2 rings (SSSR count). The Morgan fingerprint density at radius 2 is 1.96 bits per heavy atom. The summed E-state index contributed by atoms with van der Waals surface area (Å²) in [6, 6.07) is 6.03. The molecule has 0 saturated heterocycles. The van der Waals surface area contributed by atoms with Gasteiger partial charge in [-0.1, -0.05) is 25.0 Å². The molecule has 0 unspecified atom stereocenters. The fourth-order valence-corrected chi connectivity index (χ4v) is 3.12. The highest BCUT2D eigenvalue weighted by molar-refractivity contribution is 5.81. The molecule has 5 heteroatoms. The number of rotatable bonds is 7. The minimum atomic E-state index is -0.641. The predicted octanol–water partition coefficient (Wildman–Crippen LogP) is 2.11. The van der Waals surface area contributed by atoms with Gasteiger partial charge in [0.25, 0.3) is 0 Å². The zero-order valence-corrected chi connectivity index (χ0v) is 14.0. The fraction of sp³-hybridized carbons (Fsp3) is 0.611. The number of halogens is 1. The standard InChI is InChI=1S/C18H27FN2O2/c1-14(21(2)13-18(23)10-3-4-11-18)17(22)20-12-9-15-5-7-16(19)8-6-15/h5-8,14,23H,3-4,9-13H2,1-2H3,(H,20,22)/t14-/m1/s1. The zero-order valence-electron chi connectivity index (χ0n) is 14.0. The summed E-state index contributed by atoms with van der Waals surface area (Å²) in [7, 11) is 1.88. The highest BCUT2D eigenvalue weighted by Gasteiger charge is 2.34. The van der Waals surface area contributed by atoms with E-state index in [2.05, 4.69) is 5.32 Å². The van der Waals surface area contributed by atoms with E-state index in [1.807, 2.05) is 18.9 Å². The van der Waals surface area contributed by atoms with Crippen molar-refractivity contribution in [3.05, 3.63) is 35.6 Å². The third kappa shape index (κ3) is 5.29. The molecule has 23 heavy (non-hydrogen) atoms. The molecule has 1 atom stereocenters. The van der Waals surface area contributed by atoms with E-state index in [-0.39, 0.29) is 17.8 Å². The Kier molecular flexibility index (Phi) is 6.13. The van der Waals surface area contributed by atoms with Gasteiger partial charge in [-0.25, -0.2) is 4.39 Å². The molecular formula is C18H27FN2O2. The average Bonchev–Trinajstić information content (AvgIpc) is 2.94. The summed E-state index contributed by atoms with van der Waals surface area (Å²) in [6.07, 6.45) is 4.42. The maximum atomic E-state index is 12.8. The van der Waals surface area contributed by atoms with Crippen molar-refractivity contribution in [3.63, 3.8) is 0 Å². The summed E-state index contributed by atoms with van der Waals surface area (Å²) in [5.41, 5.74) is 0.352. The predicted molar refractivity (Wildman–Crippen MR) is 88.6 cm³/mol. The van der Waals surface area contributed by atoms with Gasteiger partial charge < -0.3 is 10.4 Å². The van der Waals surface area contributed by atoms with Gasteiger partial charge in [-0.3, -0.25) is 9.69 Å². The normalized spacial score (nSPS) is 18.1. The van der Waals surface area contributed by atoms with Crippen molar-refractivity contribution in [3.8, 4) is 0 Å². The number of carbonyl (C=O) groups is 1. The third-order valence-electron chi connectivity index (χ3n) is 4.74. The maximum absolute atomic E-state index is 12.8. The summed E-state index contributed by atoms with van der Waals surface area (Å²) >= 11 is 0. The van der Waals surface area contributed by atoms with Gasteiger partial charge in [-0.2, -0.15) is 0 Å². The van der Waals surface area contributed by atoms with Crippen LogP contribution in [0.25, 0.3) is 0 Å². The van der Waals surface area contributed by atoms with Crippen LogP contribution < -0.4 is 5.32 Å². The molecule has 1 aliphatic carbocycles. The largest absolute Gasteiger partial charge is 0.389 e. The molecule has 4 nitrogen and oxygen atoms in total. The molecule has 0 aliphatic heterocycles. The van der Waals surface area contributed by atoms with E-state index < -0.39 is 5.60 Å². The molecule has 0 bridgehead atoms. The van der Waals surface area contributed by atoms with E-state index in [0.29, 0.717) is 19.5 Å². The lowest BCUT2D eigenvalue weighted by Crippen LogP contribution is -2.49. The first-order valence-corrected chi connectivity index (χ1v) is 8.34. The second-order valence-electron chi connectivity index (χ2n) is 6.69. The molecule has 1 saturated carbocycles. The topological polar surface area (TPSA) is 52.6 Å².